The average molecular weight is 534 g/mol. The fourth-order valence-electron chi connectivity index (χ4n) is 4.68. The van der Waals surface area contributed by atoms with Gasteiger partial charge in [-0.15, -0.1) is 0 Å². The van der Waals surface area contributed by atoms with E-state index >= 15 is 0 Å². The molecule has 0 radical (unpaired) electrons. The lowest BCUT2D eigenvalue weighted by Gasteiger charge is -2.35. The number of halogens is 3. The molecular weight excluding hydrogens is 507 g/mol. The van der Waals surface area contributed by atoms with Crippen LogP contribution >= 0.6 is 0 Å². The number of para-hydroxylation sites is 1. The number of ether oxygens (including phenoxy) is 1. The van der Waals surface area contributed by atoms with E-state index in [1.807, 2.05) is 42.5 Å². The lowest BCUT2D eigenvalue weighted by atomic mass is 10.1. The predicted molar refractivity (Wildman–Crippen MR) is 142 cm³/mol. The molecule has 1 aliphatic heterocycles. The Morgan fingerprint density at radius 2 is 1.69 bits per heavy atom. The van der Waals surface area contributed by atoms with Crippen LogP contribution in [0.2, 0.25) is 0 Å². The number of benzene rings is 4. The Morgan fingerprint density at radius 3 is 2.54 bits per heavy atom. The zero-order chi connectivity index (χ0) is 27.4. The molecule has 0 spiro atoms. The highest BCUT2D eigenvalue weighted by Gasteiger charge is 2.34. The molecule has 1 atom stereocenters. The van der Waals surface area contributed by atoms with E-state index in [4.69, 9.17) is 4.74 Å². The summed E-state index contributed by atoms with van der Waals surface area (Å²) in [7, 11) is 0. The van der Waals surface area contributed by atoms with E-state index < -0.39 is 17.8 Å². The zero-order valence-electron chi connectivity index (χ0n) is 20.9. The molecule has 200 valence electrons. The Morgan fingerprint density at radius 1 is 0.949 bits per heavy atom. The molecule has 4 aromatic carbocycles. The lowest BCUT2D eigenvalue weighted by Crippen LogP contribution is -2.58. The molecule has 2 amide bonds. The van der Waals surface area contributed by atoms with Crippen molar-refractivity contribution in [2.45, 2.75) is 18.8 Å². The van der Waals surface area contributed by atoms with Gasteiger partial charge < -0.3 is 20.3 Å². The van der Waals surface area contributed by atoms with Gasteiger partial charge in [-0.25, -0.2) is 0 Å². The molecule has 4 aromatic rings. The fraction of sp³-hybridized carbons (Fsp3) is 0.200. The summed E-state index contributed by atoms with van der Waals surface area (Å²) in [6.45, 7) is 0.993. The first kappa shape index (κ1) is 26.2. The SMILES string of the molecule is O=C(Nc1cccc2ccccc12)C1CNCCN1C(=O)c1cccc(COc2ccccc2C(F)(F)F)c1. The van der Waals surface area contributed by atoms with E-state index in [-0.39, 0.29) is 24.2 Å². The standard InChI is InChI=1S/C30H26F3N3O3/c31-30(32,33)24-12-3-4-14-27(24)39-19-20-7-5-10-22(17-20)29(38)36-16-15-34-18-26(36)28(37)35-25-13-6-9-21-8-1-2-11-23(21)25/h1-14,17,26,34H,15-16,18-19H2,(H,35,37). The molecule has 1 unspecified atom stereocenters. The van der Waals surface area contributed by atoms with Crippen LogP contribution in [0.1, 0.15) is 21.5 Å². The first-order valence-corrected chi connectivity index (χ1v) is 12.5. The van der Waals surface area contributed by atoms with Crippen LogP contribution in [0.4, 0.5) is 18.9 Å². The van der Waals surface area contributed by atoms with Crippen LogP contribution in [0.15, 0.2) is 91.0 Å². The number of fused-ring (bicyclic) bond motifs is 1. The van der Waals surface area contributed by atoms with Gasteiger partial charge in [0.2, 0.25) is 5.91 Å². The smallest absolute Gasteiger partial charge is 0.419 e. The maximum Gasteiger partial charge on any atom is 0.419 e. The molecule has 6 nitrogen and oxygen atoms in total. The summed E-state index contributed by atoms with van der Waals surface area (Å²) >= 11 is 0. The molecule has 2 N–H and O–H groups in total. The minimum absolute atomic E-state index is 0.152. The van der Waals surface area contributed by atoms with Crippen molar-refractivity contribution in [1.29, 1.82) is 0 Å². The van der Waals surface area contributed by atoms with Crippen molar-refractivity contribution in [3.8, 4) is 5.75 Å². The first-order chi connectivity index (χ1) is 18.8. The summed E-state index contributed by atoms with van der Waals surface area (Å²) in [4.78, 5) is 28.4. The van der Waals surface area contributed by atoms with Gasteiger partial charge in [-0.05, 0) is 41.3 Å². The Kier molecular flexibility index (Phi) is 7.51. The second-order valence-corrected chi connectivity index (χ2v) is 9.22. The molecule has 9 heteroatoms. The third-order valence-electron chi connectivity index (χ3n) is 6.62. The number of rotatable bonds is 6. The summed E-state index contributed by atoms with van der Waals surface area (Å²) in [5.41, 5.74) is 0.655. The summed E-state index contributed by atoms with van der Waals surface area (Å²) in [5.74, 6) is -0.934. The Bertz CT molecular complexity index is 1500. The van der Waals surface area contributed by atoms with Crippen molar-refractivity contribution in [2.75, 3.05) is 25.0 Å². The molecule has 0 aromatic heterocycles. The first-order valence-electron chi connectivity index (χ1n) is 12.5. The number of hydrogen-bond donors (Lipinski definition) is 2. The molecule has 1 fully saturated rings. The Hall–Kier alpha value is -4.37. The van der Waals surface area contributed by atoms with Gasteiger partial charge in [-0.3, -0.25) is 9.59 Å². The summed E-state index contributed by atoms with van der Waals surface area (Å²) < 4.78 is 45.4. The van der Waals surface area contributed by atoms with Gasteiger partial charge in [0.25, 0.3) is 5.91 Å². The zero-order valence-corrected chi connectivity index (χ0v) is 20.9. The molecule has 1 heterocycles. The maximum absolute atomic E-state index is 13.5. The van der Waals surface area contributed by atoms with Gasteiger partial charge in [-0.2, -0.15) is 13.2 Å². The maximum atomic E-state index is 13.5. The molecule has 0 aliphatic carbocycles. The lowest BCUT2D eigenvalue weighted by molar-refractivity contribution is -0.139. The number of nitrogens with one attached hydrogen (secondary N) is 2. The van der Waals surface area contributed by atoms with Crippen molar-refractivity contribution in [1.82, 2.24) is 10.2 Å². The normalized spacial score (nSPS) is 15.7. The molecular formula is C30H26F3N3O3. The molecule has 1 aliphatic rings. The van der Waals surface area contributed by atoms with Gasteiger partial charge in [-0.1, -0.05) is 60.7 Å². The van der Waals surface area contributed by atoms with Crippen molar-refractivity contribution < 1.29 is 27.5 Å². The summed E-state index contributed by atoms with van der Waals surface area (Å²) in [5, 5.41) is 8.03. The van der Waals surface area contributed by atoms with Gasteiger partial charge in [0.1, 0.15) is 18.4 Å². The Labute approximate surface area is 223 Å². The average Bonchev–Trinajstić information content (AvgIpc) is 2.95. The van der Waals surface area contributed by atoms with E-state index in [2.05, 4.69) is 10.6 Å². The van der Waals surface area contributed by atoms with Gasteiger partial charge in [0.05, 0.1) is 5.56 Å². The van der Waals surface area contributed by atoms with Crippen LogP contribution in [0.5, 0.6) is 5.75 Å². The minimum Gasteiger partial charge on any atom is -0.488 e. The van der Waals surface area contributed by atoms with Crippen LogP contribution in [-0.4, -0.2) is 42.4 Å². The van der Waals surface area contributed by atoms with Gasteiger partial charge >= 0.3 is 6.18 Å². The molecule has 39 heavy (non-hydrogen) atoms. The third-order valence-corrected chi connectivity index (χ3v) is 6.62. The quantitative estimate of drug-likeness (QED) is 0.344. The minimum atomic E-state index is -4.54. The van der Waals surface area contributed by atoms with Crippen LogP contribution < -0.4 is 15.4 Å². The largest absolute Gasteiger partial charge is 0.488 e. The van der Waals surface area contributed by atoms with Crippen molar-refractivity contribution in [3.05, 3.63) is 108 Å². The number of anilines is 1. The predicted octanol–water partition coefficient (Wildman–Crippen LogP) is 5.49. The van der Waals surface area contributed by atoms with E-state index in [9.17, 15) is 22.8 Å². The molecule has 1 saturated heterocycles. The molecule has 0 bridgehead atoms. The van der Waals surface area contributed by atoms with Crippen LogP contribution in [0.3, 0.4) is 0 Å². The second-order valence-electron chi connectivity index (χ2n) is 9.22. The van der Waals surface area contributed by atoms with Crippen molar-refractivity contribution in [3.63, 3.8) is 0 Å². The van der Waals surface area contributed by atoms with Crippen LogP contribution in [0.25, 0.3) is 10.8 Å². The number of amides is 2. The summed E-state index contributed by atoms with van der Waals surface area (Å²) in [6.07, 6.45) is -4.54. The van der Waals surface area contributed by atoms with Crippen LogP contribution in [-0.2, 0) is 17.6 Å². The van der Waals surface area contributed by atoms with E-state index in [0.717, 1.165) is 16.8 Å². The van der Waals surface area contributed by atoms with Crippen molar-refractivity contribution in [2.24, 2.45) is 0 Å². The fourth-order valence-corrected chi connectivity index (χ4v) is 4.68. The molecule has 0 saturated carbocycles. The third kappa shape index (κ3) is 5.88. The number of piperazine rings is 1. The number of alkyl halides is 3. The number of carbonyl (C=O) groups is 2. The van der Waals surface area contributed by atoms with Gasteiger partial charge in [0.15, 0.2) is 0 Å². The Balaban J connectivity index is 1.31. The monoisotopic (exact) mass is 533 g/mol. The number of nitrogens with zero attached hydrogens (tertiary/aromatic N) is 1. The topological polar surface area (TPSA) is 70.7 Å². The van der Waals surface area contributed by atoms with Crippen molar-refractivity contribution >= 4 is 28.3 Å². The highest BCUT2D eigenvalue weighted by Crippen LogP contribution is 2.36. The second kappa shape index (κ2) is 11.2. The van der Waals surface area contributed by atoms with Gasteiger partial charge in [0, 0.05) is 36.3 Å². The van der Waals surface area contributed by atoms with E-state index in [1.54, 1.807) is 24.3 Å². The van der Waals surface area contributed by atoms with E-state index in [0.29, 0.717) is 36.4 Å². The molecule has 5 rings (SSSR count). The highest BCUT2D eigenvalue weighted by atomic mass is 19.4. The summed E-state index contributed by atoms with van der Waals surface area (Å²) in [6, 6.07) is 24.1. The van der Waals surface area contributed by atoms with Crippen LogP contribution in [0, 0.1) is 0 Å². The van der Waals surface area contributed by atoms with E-state index in [1.165, 1.54) is 23.1 Å². The number of carbonyl (C=O) groups excluding carboxylic acids is 2. The highest BCUT2D eigenvalue weighted by molar-refractivity contribution is 6.06. The number of hydrogen-bond acceptors (Lipinski definition) is 4.